The number of primary amides is 1. The van der Waals surface area contributed by atoms with Gasteiger partial charge in [0.25, 0.3) is 0 Å². The smallest absolute Gasteiger partial charge is 0.303 e. The van der Waals surface area contributed by atoms with Crippen LogP contribution in [0.2, 0.25) is 0 Å². The van der Waals surface area contributed by atoms with Crippen molar-refractivity contribution in [2.45, 2.75) is 218 Å². The van der Waals surface area contributed by atoms with E-state index in [1.54, 1.807) is 51.1 Å². The summed E-state index contributed by atoms with van der Waals surface area (Å²) in [5.74, 6) is -12.8. The SMILES string of the molecule is C=CCC(C)C(NC(=O)C(CCC(=O)O)NC(=O)C(CC(C)C)NC(=O)C1CSC(C(N)C(C)CC)=N1)C(=O)NC1CCCCNC(=O)C(CC(N)=O)NC(=O)C(C)NC(=O)C(Cc2c[nH]cn2)NC(=O)C(Cc2ccccc2)NC(=O)C(C(C)CC)NC(=O)C(CCCN)NC1=O. The summed E-state index contributed by atoms with van der Waals surface area (Å²) in [6.45, 7) is 17.7. The summed E-state index contributed by atoms with van der Waals surface area (Å²) in [5.41, 5.74) is 18.8. The maximum atomic E-state index is 14.9. The number of nitrogens with zero attached hydrogens (tertiary/aromatic N) is 2. The van der Waals surface area contributed by atoms with Crippen LogP contribution in [0.5, 0.6) is 0 Å². The number of aromatic nitrogens is 2. The summed E-state index contributed by atoms with van der Waals surface area (Å²) in [6, 6.07) is -7.04. The molecule has 15 atom stereocenters. The van der Waals surface area contributed by atoms with Gasteiger partial charge < -0.3 is 85.8 Å². The normalized spacial score (nSPS) is 23.4. The van der Waals surface area contributed by atoms with Crippen molar-refractivity contribution in [1.29, 1.82) is 0 Å². The molecule has 19 N–H and O–H groups in total. The fourth-order valence-electron chi connectivity index (χ4n) is 10.8. The van der Waals surface area contributed by atoms with Crippen LogP contribution >= 0.6 is 11.8 Å². The zero-order chi connectivity index (χ0) is 72.8. The zero-order valence-electron chi connectivity index (χ0n) is 57.4. The Bertz CT molecular complexity index is 3080. The number of allylic oxidation sites excluding steroid dienone is 1. The highest BCUT2D eigenvalue weighted by molar-refractivity contribution is 8.14. The number of aromatic amines is 1. The molecule has 1 saturated heterocycles. The van der Waals surface area contributed by atoms with Crippen LogP contribution in [0.1, 0.15) is 144 Å². The lowest BCUT2D eigenvalue weighted by molar-refractivity contribution is -0.139. The molecule has 2 aliphatic heterocycles. The Morgan fingerprint density at radius 2 is 1.39 bits per heavy atom. The minimum Gasteiger partial charge on any atom is -0.481 e. The van der Waals surface area contributed by atoms with E-state index in [0.717, 1.165) is 6.42 Å². The molecule has 0 radical (unpaired) electrons. The number of hydrogen-bond acceptors (Lipinski definition) is 18. The Labute approximate surface area is 576 Å². The molecule has 4 rings (SSSR count). The zero-order valence-corrected chi connectivity index (χ0v) is 58.2. The number of imidazole rings is 1. The molecule has 542 valence electrons. The first-order chi connectivity index (χ1) is 46.5. The summed E-state index contributed by atoms with van der Waals surface area (Å²) >= 11 is 1.35. The van der Waals surface area contributed by atoms with Gasteiger partial charge in [-0.2, -0.15) is 0 Å². The summed E-state index contributed by atoms with van der Waals surface area (Å²) in [5, 5.41) is 39.8. The molecule has 98 heavy (non-hydrogen) atoms. The average Bonchev–Trinajstić information content (AvgIpc) is 1.53. The van der Waals surface area contributed by atoms with Crippen molar-refractivity contribution in [2.24, 2.45) is 45.9 Å². The number of nitrogens with two attached hydrogens (primary N) is 3. The molecule has 1 fully saturated rings. The van der Waals surface area contributed by atoms with E-state index in [-0.39, 0.29) is 88.5 Å². The number of amides is 12. The maximum Gasteiger partial charge on any atom is 0.303 e. The van der Waals surface area contributed by atoms with E-state index in [4.69, 9.17) is 17.2 Å². The molecule has 0 bridgehead atoms. The van der Waals surface area contributed by atoms with Crippen molar-refractivity contribution in [3.63, 3.8) is 0 Å². The monoisotopic (exact) mass is 1390 g/mol. The Morgan fingerprint density at radius 3 is 2.01 bits per heavy atom. The van der Waals surface area contributed by atoms with Crippen molar-refractivity contribution >= 4 is 93.7 Å². The average molecular weight is 1390 g/mol. The second kappa shape index (κ2) is 41.5. The van der Waals surface area contributed by atoms with Gasteiger partial charge in [0.2, 0.25) is 70.9 Å². The first-order valence-electron chi connectivity index (χ1n) is 33.6. The molecule has 1 aromatic carbocycles. The highest BCUT2D eigenvalue weighted by atomic mass is 32.2. The summed E-state index contributed by atoms with van der Waals surface area (Å²) in [7, 11) is 0. The molecule has 3 heterocycles. The number of hydrogen-bond donors (Lipinski definition) is 16. The third-order valence-electron chi connectivity index (χ3n) is 17.1. The number of H-pyrrole nitrogens is 1. The van der Waals surface area contributed by atoms with Crippen molar-refractivity contribution in [2.75, 3.05) is 18.8 Å². The summed E-state index contributed by atoms with van der Waals surface area (Å²) in [6.07, 6.45) is 3.56. The van der Waals surface area contributed by atoms with Gasteiger partial charge >= 0.3 is 5.97 Å². The Balaban J connectivity index is 1.75. The lowest BCUT2D eigenvalue weighted by atomic mass is 9.95. The minimum atomic E-state index is -1.59. The van der Waals surface area contributed by atoms with Crippen LogP contribution in [0, 0.1) is 23.7 Å². The van der Waals surface area contributed by atoms with E-state index >= 15 is 0 Å². The fraction of sp³-hybridized carbons (Fsp3) is 0.621. The number of aliphatic carboxylic acids is 1. The van der Waals surface area contributed by atoms with Gasteiger partial charge in [0.05, 0.1) is 29.5 Å². The molecule has 12 amide bonds. The van der Waals surface area contributed by atoms with E-state index in [9.17, 15) is 67.4 Å². The van der Waals surface area contributed by atoms with Crippen LogP contribution in [-0.2, 0) is 75.2 Å². The third kappa shape index (κ3) is 26.9. The number of aliphatic imine (C=N–C) groups is 1. The van der Waals surface area contributed by atoms with Gasteiger partial charge in [-0.15, -0.1) is 18.3 Å². The lowest BCUT2D eigenvalue weighted by Crippen LogP contribution is -2.62. The highest BCUT2D eigenvalue weighted by Crippen LogP contribution is 2.25. The summed E-state index contributed by atoms with van der Waals surface area (Å²) in [4.78, 5) is 194. The van der Waals surface area contributed by atoms with E-state index in [1.807, 2.05) is 27.7 Å². The van der Waals surface area contributed by atoms with Crippen LogP contribution in [-0.4, -0.2) is 188 Å². The van der Waals surface area contributed by atoms with Crippen molar-refractivity contribution in [1.82, 2.24) is 68.5 Å². The first-order valence-corrected chi connectivity index (χ1v) is 34.6. The predicted molar refractivity (Wildman–Crippen MR) is 367 cm³/mol. The third-order valence-corrected chi connectivity index (χ3v) is 18.3. The van der Waals surface area contributed by atoms with Crippen LogP contribution in [0.15, 0.2) is 60.5 Å². The molecule has 15 unspecified atom stereocenters. The van der Waals surface area contributed by atoms with E-state index in [1.165, 1.54) is 37.3 Å². The number of rotatable bonds is 30. The molecule has 32 heteroatoms. The highest BCUT2D eigenvalue weighted by Gasteiger charge is 2.39. The number of carboxylic acids is 1. The Morgan fingerprint density at radius 1 is 0.745 bits per heavy atom. The molecule has 2 aromatic rings. The van der Waals surface area contributed by atoms with Gasteiger partial charge in [0.15, 0.2) is 0 Å². The Hall–Kier alpha value is -8.78. The number of carbonyl (C=O) groups excluding carboxylic acids is 12. The maximum absolute atomic E-state index is 14.9. The van der Waals surface area contributed by atoms with Gasteiger partial charge in [-0.3, -0.25) is 67.3 Å². The predicted octanol–water partition coefficient (Wildman–Crippen LogP) is -0.966. The molecule has 0 spiro atoms. The van der Waals surface area contributed by atoms with Gasteiger partial charge in [0.1, 0.15) is 66.5 Å². The largest absolute Gasteiger partial charge is 0.481 e. The number of nitrogens with one attached hydrogen (secondary N) is 12. The van der Waals surface area contributed by atoms with Gasteiger partial charge in [-0.05, 0) is 94.1 Å². The topological polar surface area (TPSA) is 494 Å². The second-order valence-electron chi connectivity index (χ2n) is 25.6. The first kappa shape index (κ1) is 81.6. The van der Waals surface area contributed by atoms with Crippen molar-refractivity contribution in [3.8, 4) is 0 Å². The van der Waals surface area contributed by atoms with Crippen LogP contribution < -0.4 is 75.7 Å². The second-order valence-corrected chi connectivity index (χ2v) is 26.7. The van der Waals surface area contributed by atoms with Crippen molar-refractivity contribution < 1.29 is 67.4 Å². The molecular weight excluding hydrogens is 1290 g/mol. The Kier molecular flexibility index (Phi) is 34.5. The summed E-state index contributed by atoms with van der Waals surface area (Å²) < 4.78 is 0. The van der Waals surface area contributed by atoms with Crippen LogP contribution in [0.4, 0.5) is 0 Å². The molecule has 0 saturated carbocycles. The van der Waals surface area contributed by atoms with Gasteiger partial charge in [0, 0.05) is 37.8 Å². The van der Waals surface area contributed by atoms with E-state index in [2.05, 4.69) is 80.0 Å². The number of thioether (sulfide) groups is 1. The molecule has 1 aromatic heterocycles. The van der Waals surface area contributed by atoms with Gasteiger partial charge in [-0.25, -0.2) is 4.98 Å². The number of carboxylic acid groups (broad SMARTS) is 1. The molecule has 31 nitrogen and oxygen atoms in total. The molecule has 2 aliphatic rings. The lowest BCUT2D eigenvalue weighted by Gasteiger charge is -2.30. The van der Waals surface area contributed by atoms with Crippen LogP contribution in [0.25, 0.3) is 0 Å². The van der Waals surface area contributed by atoms with Crippen molar-refractivity contribution in [3.05, 3.63) is 66.8 Å². The quantitative estimate of drug-likeness (QED) is 0.0419. The number of carbonyl (C=O) groups is 13. The fourth-order valence-corrected chi connectivity index (χ4v) is 11.9. The standard InChI is InChI=1S/C66H103N17O14S/c1-10-19-38(8)54(83-59(91)44(24-25-51(85)86)75-61(93)45(28-35(4)5)78-63(95)49-33-98-66(81-49)52(69)36(6)11-2)65(97)76-42-22-16-17-27-71-56(88)48(31-50(68)84)77-55(87)39(9)73-60(92)47(30-41-32-70-34-72-41)79-62(94)46(29-40-20-14-13-15-21-40)80-64(96)53(37(7)12-3)82-58(90)43(23-18-26-67)74-57(42)89/h10,13-15,20-21,32,34-39,42-49,52-54H,1,11-12,16-19,22-31,33,67,69H2,2-9H3,(H2,68,84)(H,70,72)(H,71,88)(H,73,92)(H,74,89)(H,75,93)(H,76,97)(H,77,87)(H,78,95)(H,79,94)(H,80,96)(H,82,90)(H,83,91)(H,85,86). The molecular formula is C66H103N17O14S. The molecule has 0 aliphatic carbocycles. The van der Waals surface area contributed by atoms with E-state index < -0.39 is 180 Å². The van der Waals surface area contributed by atoms with E-state index in [0.29, 0.717) is 22.7 Å². The minimum absolute atomic E-state index is 0.0480. The van der Waals surface area contributed by atoms with Crippen LogP contribution in [0.3, 0.4) is 0 Å². The van der Waals surface area contributed by atoms with Gasteiger partial charge in [-0.1, -0.05) is 97.7 Å². The number of benzene rings is 1.